The van der Waals surface area contributed by atoms with Crippen molar-refractivity contribution >= 4 is 63.6 Å². The highest BCUT2D eigenvalue weighted by Gasteiger charge is 2.24. The number of rotatable bonds is 33. The van der Waals surface area contributed by atoms with Gasteiger partial charge in [0.1, 0.15) is 29.6 Å². The second kappa shape index (κ2) is 41.6. The maximum Gasteiger partial charge on any atom is 0.265 e. The molecule has 0 unspecified atom stereocenters. The average molecular weight is 1480 g/mol. The number of aromatic nitrogens is 1. The van der Waals surface area contributed by atoms with Gasteiger partial charge in [0.05, 0.1) is 31.4 Å². The summed E-state index contributed by atoms with van der Waals surface area (Å²) in [5, 5.41) is 4.63. The second-order valence-electron chi connectivity index (χ2n) is 24.7. The van der Waals surface area contributed by atoms with E-state index in [9.17, 15) is 14.4 Å². The van der Waals surface area contributed by atoms with Crippen LogP contribution in [0.4, 0.5) is 0 Å². The Morgan fingerprint density at radius 3 is 1.01 bits per heavy atom. The first-order chi connectivity index (χ1) is 51.5. The average Bonchev–Trinajstić information content (AvgIpc) is 1.82. The summed E-state index contributed by atoms with van der Waals surface area (Å²) in [6.45, 7) is 4.55. The molecule has 13 nitrogen and oxygen atoms in total. The van der Waals surface area contributed by atoms with Crippen molar-refractivity contribution < 1.29 is 42.8 Å². The van der Waals surface area contributed by atoms with Crippen LogP contribution in [-0.2, 0) is 69.9 Å². The number of methoxy groups -OCH3 is 3. The minimum atomic E-state index is -0.0905. The van der Waals surface area contributed by atoms with Crippen molar-refractivity contribution in [3.8, 4) is 34.5 Å². The summed E-state index contributed by atoms with van der Waals surface area (Å²) in [5.41, 5.74) is 10.9. The smallest absolute Gasteiger partial charge is 0.265 e. The zero-order chi connectivity index (χ0) is 73.2. The van der Waals surface area contributed by atoms with Crippen LogP contribution in [0.5, 0.6) is 34.5 Å². The zero-order valence-corrected chi connectivity index (χ0v) is 62.4. The summed E-state index contributed by atoms with van der Waals surface area (Å²) < 4.78 is 34.8. The van der Waals surface area contributed by atoms with Crippen molar-refractivity contribution in [2.75, 3.05) is 41.0 Å². The number of carbonyl (C=O) groups excluding carboxylic acids is 3. The lowest BCUT2D eigenvalue weighted by atomic mass is 10.1. The Bertz CT molecular complexity index is 4390. The van der Waals surface area contributed by atoms with Gasteiger partial charge in [0.2, 0.25) is 5.91 Å². The van der Waals surface area contributed by atoms with Gasteiger partial charge in [0.25, 0.3) is 11.8 Å². The van der Waals surface area contributed by atoms with Crippen LogP contribution in [0.25, 0.3) is 0 Å². The van der Waals surface area contributed by atoms with Gasteiger partial charge in [-0.2, -0.15) is 0 Å². The number of hydrogen-bond acceptors (Lipinski definition) is 12. The summed E-state index contributed by atoms with van der Waals surface area (Å²) in [4.78, 5) is 50.8. The standard InChI is InChI=1S/C33H35NO3.C28H26ClNO3S.C27H25ClN2O3S/c1-36-32-24-30(20-21-31(32)37-26-29-16-9-4-10-17-29)25-34(23-22-28-14-7-3-8-15-28)33(35)19-11-18-27-12-5-2-6-13-27;1-32-26-18-23(12-13-25(26)33-20-22-10-6-3-7-11-22)19-30(16-14-21-8-4-2-5-9-21)28(31)27-24(29)15-17-34-27;1-32-25-16-22(9-10-24(25)33-19-21-6-3-2-4-7-21)18-30(14-11-20-8-5-13-29-17-20)27(31)26-23(28)12-15-34-26/h2-10,12-17,20-21,24H,11,18-19,22-23,25-26H2,1H3;2-13,15,17-18H,14,16,19-20H2,1H3;2-10,12-13,15-17H,11,14,18-19H2,1H3. The van der Waals surface area contributed by atoms with Gasteiger partial charge in [-0.3, -0.25) is 19.4 Å². The van der Waals surface area contributed by atoms with Crippen molar-refractivity contribution in [1.82, 2.24) is 19.7 Å². The molecule has 0 atom stereocenters. The Hall–Kier alpha value is -10.7. The molecule has 3 amide bonds. The monoisotopic (exact) mass is 1480 g/mol. The third-order valence-corrected chi connectivity index (χ3v) is 19.8. The number of benzene rings is 9. The molecule has 3 aromatic heterocycles. The number of thiophene rings is 2. The Labute approximate surface area is 634 Å². The van der Waals surface area contributed by atoms with Gasteiger partial charge < -0.3 is 43.1 Å². The van der Waals surface area contributed by atoms with Crippen LogP contribution in [0.1, 0.15) is 87.8 Å². The van der Waals surface area contributed by atoms with Crippen molar-refractivity contribution in [3.63, 3.8) is 0 Å². The molecule has 9 aromatic carbocycles. The second-order valence-corrected chi connectivity index (χ2v) is 27.3. The summed E-state index contributed by atoms with van der Waals surface area (Å²) in [6, 6.07) is 85.8. The molecule has 0 aliphatic heterocycles. The highest BCUT2D eigenvalue weighted by Crippen LogP contribution is 2.34. The first-order valence-electron chi connectivity index (χ1n) is 34.8. The van der Waals surface area contributed by atoms with E-state index in [0.29, 0.717) is 126 Å². The molecule has 12 aromatic rings. The molecule has 538 valence electrons. The molecule has 0 fully saturated rings. The molecular weight excluding hydrogens is 1390 g/mol. The maximum atomic E-state index is 13.3. The fourth-order valence-corrected chi connectivity index (χ4v) is 13.7. The van der Waals surface area contributed by atoms with Crippen LogP contribution in [0, 0.1) is 0 Å². The Kier molecular flexibility index (Phi) is 30.5. The lowest BCUT2D eigenvalue weighted by Gasteiger charge is -2.24. The summed E-state index contributed by atoms with van der Waals surface area (Å²) in [6.07, 6.45) is 8.09. The molecule has 0 radical (unpaired) electrons. The van der Waals surface area contributed by atoms with Crippen molar-refractivity contribution in [2.24, 2.45) is 0 Å². The van der Waals surface area contributed by atoms with E-state index in [1.807, 2.05) is 244 Å². The Balaban J connectivity index is 0.000000169. The number of nitrogens with zero attached hydrogens (tertiary/aromatic N) is 4. The SMILES string of the molecule is COc1cc(CN(CCc2ccccc2)C(=O)CCCc2ccccc2)ccc1OCc1ccccc1.COc1cc(CN(CCc2ccccc2)C(=O)c2sccc2Cl)ccc1OCc1ccccc1.COc1cc(CN(CCc2cccnc2)C(=O)c2sccc2Cl)ccc1OCc1ccccc1. The molecule has 0 saturated heterocycles. The van der Waals surface area contributed by atoms with Crippen LogP contribution >= 0.6 is 45.9 Å². The molecule has 0 aliphatic rings. The number of halogens is 2. The number of amides is 3. The summed E-state index contributed by atoms with van der Waals surface area (Å²) >= 11 is 15.3. The lowest BCUT2D eigenvalue weighted by molar-refractivity contribution is -0.131. The fourth-order valence-electron chi connectivity index (χ4n) is 11.5. The van der Waals surface area contributed by atoms with E-state index in [-0.39, 0.29) is 17.7 Å². The molecular formula is C88H86Cl2N4O9S2. The number of carbonyl (C=O) groups is 3. The van der Waals surface area contributed by atoms with E-state index in [4.69, 9.17) is 51.6 Å². The first kappa shape index (κ1) is 76.9. The molecule has 0 spiro atoms. The molecule has 0 bridgehead atoms. The van der Waals surface area contributed by atoms with Gasteiger partial charge in [-0.1, -0.05) is 229 Å². The molecule has 0 saturated carbocycles. The van der Waals surface area contributed by atoms with Gasteiger partial charge in [-0.25, -0.2) is 0 Å². The van der Waals surface area contributed by atoms with Gasteiger partial charge in [0, 0.05) is 58.1 Å². The van der Waals surface area contributed by atoms with Gasteiger partial charge in [0.15, 0.2) is 34.5 Å². The molecule has 0 N–H and O–H groups in total. The molecule has 17 heteroatoms. The van der Waals surface area contributed by atoms with E-state index >= 15 is 0 Å². The third-order valence-electron chi connectivity index (χ3n) is 17.2. The summed E-state index contributed by atoms with van der Waals surface area (Å²) in [7, 11) is 4.89. The zero-order valence-electron chi connectivity index (χ0n) is 59.3. The van der Waals surface area contributed by atoms with E-state index in [0.717, 1.165) is 64.6 Å². The quantitative estimate of drug-likeness (QED) is 0.0392. The Morgan fingerprint density at radius 1 is 0.352 bits per heavy atom. The number of pyridine rings is 1. The van der Waals surface area contributed by atoms with E-state index in [1.165, 1.54) is 39.4 Å². The third kappa shape index (κ3) is 24.5. The molecule has 105 heavy (non-hydrogen) atoms. The minimum Gasteiger partial charge on any atom is -0.493 e. The van der Waals surface area contributed by atoms with E-state index in [1.54, 1.807) is 39.7 Å². The van der Waals surface area contributed by atoms with Gasteiger partial charge in [-0.15, -0.1) is 22.7 Å². The number of aryl methyl sites for hydroxylation is 1. The number of hydrogen-bond donors (Lipinski definition) is 0. The first-order valence-corrected chi connectivity index (χ1v) is 37.3. The van der Waals surface area contributed by atoms with Crippen LogP contribution in [0.3, 0.4) is 0 Å². The predicted molar refractivity (Wildman–Crippen MR) is 422 cm³/mol. The predicted octanol–water partition coefficient (Wildman–Crippen LogP) is 20.0. The summed E-state index contributed by atoms with van der Waals surface area (Å²) in [5.74, 6) is 3.97. The van der Waals surface area contributed by atoms with Crippen molar-refractivity contribution in [2.45, 2.75) is 78.0 Å². The van der Waals surface area contributed by atoms with Crippen molar-refractivity contribution in [3.05, 3.63) is 359 Å². The van der Waals surface area contributed by atoms with Gasteiger partial charge in [-0.05, 0) is 153 Å². The normalized spacial score (nSPS) is 10.6. The highest BCUT2D eigenvalue weighted by atomic mass is 35.5. The van der Waals surface area contributed by atoms with Crippen LogP contribution in [0.2, 0.25) is 10.0 Å². The topological polar surface area (TPSA) is 129 Å². The molecule has 12 rings (SSSR count). The number of ether oxygens (including phenoxy) is 6. The molecule has 3 heterocycles. The lowest BCUT2D eigenvalue weighted by Crippen LogP contribution is -2.32. The molecule has 0 aliphatic carbocycles. The minimum absolute atomic E-state index is 0.0701. The van der Waals surface area contributed by atoms with Crippen LogP contribution < -0.4 is 28.4 Å². The largest absolute Gasteiger partial charge is 0.493 e. The highest BCUT2D eigenvalue weighted by molar-refractivity contribution is 7.13. The Morgan fingerprint density at radius 2 is 0.676 bits per heavy atom. The fraction of sp³-hybridized carbons (Fsp3) is 0.205. The van der Waals surface area contributed by atoms with Crippen molar-refractivity contribution in [1.29, 1.82) is 0 Å². The maximum absolute atomic E-state index is 13.3. The van der Waals surface area contributed by atoms with Gasteiger partial charge >= 0.3 is 0 Å². The van der Waals surface area contributed by atoms with E-state index in [2.05, 4.69) is 41.4 Å². The van der Waals surface area contributed by atoms with E-state index < -0.39 is 0 Å². The van der Waals surface area contributed by atoms with Crippen LogP contribution in [0.15, 0.2) is 284 Å². The van der Waals surface area contributed by atoms with Crippen LogP contribution in [-0.4, -0.2) is 78.4 Å².